The van der Waals surface area contributed by atoms with Gasteiger partial charge in [-0.2, -0.15) is 5.26 Å². The minimum Gasteiger partial charge on any atom is -0.365 e. The molecule has 0 bridgehead atoms. The second-order valence-electron chi connectivity index (χ2n) is 6.65. The summed E-state index contributed by atoms with van der Waals surface area (Å²) in [4.78, 5) is 6.30. The van der Waals surface area contributed by atoms with Crippen molar-refractivity contribution in [2.75, 3.05) is 24.5 Å². The molecule has 1 atom stereocenters. The molecule has 0 radical (unpaired) electrons. The Morgan fingerprint density at radius 3 is 2.71 bits per heavy atom. The summed E-state index contributed by atoms with van der Waals surface area (Å²) >= 11 is 0. The van der Waals surface area contributed by atoms with Gasteiger partial charge >= 0.3 is 0 Å². The molecule has 0 saturated carbocycles. The fourth-order valence-electron chi connectivity index (χ4n) is 3.30. The van der Waals surface area contributed by atoms with Crippen molar-refractivity contribution in [3.8, 4) is 6.07 Å². The molecule has 1 fully saturated rings. The van der Waals surface area contributed by atoms with Crippen molar-refractivity contribution < 1.29 is 8.78 Å². The Hall–Kier alpha value is -3.14. The van der Waals surface area contributed by atoms with Gasteiger partial charge in [0.1, 0.15) is 17.3 Å². The largest absolute Gasteiger partial charge is 0.365 e. The highest BCUT2D eigenvalue weighted by Crippen LogP contribution is 2.26. The van der Waals surface area contributed by atoms with Crippen LogP contribution in [0.3, 0.4) is 0 Å². The molecule has 1 heterocycles. The molecule has 0 amide bonds. The van der Waals surface area contributed by atoms with Crippen LogP contribution in [0.5, 0.6) is 0 Å². The lowest BCUT2D eigenvalue weighted by molar-refractivity contribution is 0.576. The van der Waals surface area contributed by atoms with Crippen LogP contribution in [0.2, 0.25) is 0 Å². The molecule has 2 aromatic carbocycles. The highest BCUT2D eigenvalue weighted by atomic mass is 19.1. The summed E-state index contributed by atoms with van der Waals surface area (Å²) in [6.45, 7) is 4.17. The number of anilines is 1. The molecular weight excluding hydrogens is 360 g/mol. The molecule has 1 aliphatic rings. The van der Waals surface area contributed by atoms with Crippen LogP contribution in [-0.4, -0.2) is 31.6 Å². The molecule has 0 aliphatic carbocycles. The average Bonchev–Trinajstić information content (AvgIpc) is 3.14. The molecule has 0 aromatic heterocycles. The Morgan fingerprint density at radius 2 is 2.00 bits per heavy atom. The summed E-state index contributed by atoms with van der Waals surface area (Å²) in [5.74, 6) is -0.442. The van der Waals surface area contributed by atoms with Gasteiger partial charge in [-0.25, -0.2) is 13.8 Å². The maximum Gasteiger partial charge on any atom is 0.191 e. The number of guanidine groups is 1. The zero-order valence-electron chi connectivity index (χ0n) is 15.8. The first-order valence-corrected chi connectivity index (χ1v) is 9.33. The first-order valence-electron chi connectivity index (χ1n) is 9.33. The van der Waals surface area contributed by atoms with Gasteiger partial charge in [0.25, 0.3) is 0 Å². The van der Waals surface area contributed by atoms with Crippen molar-refractivity contribution in [1.29, 1.82) is 5.26 Å². The zero-order valence-corrected chi connectivity index (χ0v) is 15.8. The first-order chi connectivity index (χ1) is 13.6. The van der Waals surface area contributed by atoms with E-state index in [1.54, 1.807) is 11.0 Å². The minimum atomic E-state index is -0.543. The van der Waals surface area contributed by atoms with Crippen LogP contribution in [0.15, 0.2) is 47.5 Å². The average molecular weight is 383 g/mol. The molecule has 28 heavy (non-hydrogen) atoms. The minimum absolute atomic E-state index is 0.0297. The van der Waals surface area contributed by atoms with Crippen LogP contribution < -0.4 is 15.5 Å². The van der Waals surface area contributed by atoms with Gasteiger partial charge in [-0.3, -0.25) is 0 Å². The second-order valence-corrected chi connectivity index (χ2v) is 6.65. The number of rotatable bonds is 5. The molecule has 146 valence electrons. The van der Waals surface area contributed by atoms with Crippen LogP contribution in [0, 0.1) is 23.0 Å². The van der Waals surface area contributed by atoms with Crippen LogP contribution in [0.1, 0.15) is 24.5 Å². The van der Waals surface area contributed by atoms with Gasteiger partial charge in [0.2, 0.25) is 0 Å². The van der Waals surface area contributed by atoms with Crippen molar-refractivity contribution in [3.63, 3.8) is 0 Å². The predicted octanol–water partition coefficient (Wildman–Crippen LogP) is 3.17. The molecule has 5 nitrogen and oxygen atoms in total. The topological polar surface area (TPSA) is 63.5 Å². The predicted molar refractivity (Wildman–Crippen MR) is 106 cm³/mol. The lowest BCUT2D eigenvalue weighted by atomic mass is 10.1. The molecule has 1 unspecified atom stereocenters. The highest BCUT2D eigenvalue weighted by Gasteiger charge is 2.27. The van der Waals surface area contributed by atoms with Crippen molar-refractivity contribution in [2.45, 2.75) is 25.9 Å². The van der Waals surface area contributed by atoms with Crippen molar-refractivity contribution in [2.24, 2.45) is 4.99 Å². The Balaban J connectivity index is 1.65. The highest BCUT2D eigenvalue weighted by molar-refractivity contribution is 5.80. The molecule has 7 heteroatoms. The van der Waals surface area contributed by atoms with Crippen LogP contribution in [-0.2, 0) is 6.54 Å². The van der Waals surface area contributed by atoms with Gasteiger partial charge in [0.15, 0.2) is 5.96 Å². The van der Waals surface area contributed by atoms with E-state index in [9.17, 15) is 8.78 Å². The van der Waals surface area contributed by atoms with E-state index in [2.05, 4.69) is 21.7 Å². The SMILES string of the molecule is CCNC(=NCc1cccc(C#N)c1)NC1CCN(c2c(F)cccc2F)C1. The van der Waals surface area contributed by atoms with Gasteiger partial charge < -0.3 is 15.5 Å². The molecule has 1 saturated heterocycles. The Bertz CT molecular complexity index is 870. The standard InChI is InChI=1S/C21H23F2N5/c1-2-25-21(26-13-16-6-3-5-15(11-16)12-24)27-17-9-10-28(14-17)20-18(22)7-4-8-19(20)23/h3-8,11,17H,2,9-10,13-14H2,1H3,(H2,25,26,27). The molecule has 2 N–H and O–H groups in total. The number of nitrogens with one attached hydrogen (secondary N) is 2. The van der Waals surface area contributed by atoms with Gasteiger partial charge in [0, 0.05) is 25.7 Å². The fourth-order valence-corrected chi connectivity index (χ4v) is 3.30. The summed E-state index contributed by atoms with van der Waals surface area (Å²) in [6, 6.07) is 13.4. The summed E-state index contributed by atoms with van der Waals surface area (Å²) in [7, 11) is 0. The van der Waals surface area contributed by atoms with Crippen LogP contribution in [0.4, 0.5) is 14.5 Å². The fraction of sp³-hybridized carbons (Fsp3) is 0.333. The maximum atomic E-state index is 14.0. The third-order valence-electron chi connectivity index (χ3n) is 4.60. The van der Waals surface area contributed by atoms with E-state index >= 15 is 0 Å². The molecular formula is C21H23F2N5. The van der Waals surface area contributed by atoms with E-state index in [0.29, 0.717) is 37.7 Å². The third kappa shape index (κ3) is 4.77. The van der Waals surface area contributed by atoms with Gasteiger partial charge in [0.05, 0.1) is 18.2 Å². The van der Waals surface area contributed by atoms with Gasteiger partial charge in [-0.1, -0.05) is 18.2 Å². The maximum absolute atomic E-state index is 14.0. The van der Waals surface area contributed by atoms with Crippen molar-refractivity contribution >= 4 is 11.6 Å². The van der Waals surface area contributed by atoms with Gasteiger partial charge in [-0.15, -0.1) is 0 Å². The molecule has 2 aromatic rings. The third-order valence-corrected chi connectivity index (χ3v) is 4.60. The number of benzene rings is 2. The quantitative estimate of drug-likeness (QED) is 0.615. The van der Waals surface area contributed by atoms with E-state index in [0.717, 1.165) is 12.0 Å². The van der Waals surface area contributed by atoms with E-state index in [-0.39, 0.29) is 11.7 Å². The Morgan fingerprint density at radius 1 is 1.25 bits per heavy atom. The van der Waals surface area contributed by atoms with Crippen molar-refractivity contribution in [1.82, 2.24) is 10.6 Å². The number of nitrogens with zero attached hydrogens (tertiary/aromatic N) is 3. The number of para-hydroxylation sites is 1. The number of hydrogen-bond acceptors (Lipinski definition) is 3. The second kappa shape index (κ2) is 9.18. The summed E-state index contributed by atoms with van der Waals surface area (Å²) < 4.78 is 28.0. The summed E-state index contributed by atoms with van der Waals surface area (Å²) in [6.07, 6.45) is 0.752. The Labute approximate surface area is 163 Å². The zero-order chi connectivity index (χ0) is 19.9. The van der Waals surface area contributed by atoms with Crippen LogP contribution in [0.25, 0.3) is 0 Å². The number of hydrogen-bond donors (Lipinski definition) is 2. The Kier molecular flexibility index (Phi) is 6.43. The lowest BCUT2D eigenvalue weighted by Gasteiger charge is -2.21. The normalized spacial score (nSPS) is 16.7. The van der Waals surface area contributed by atoms with E-state index in [1.165, 1.54) is 18.2 Å². The number of halogens is 2. The smallest absolute Gasteiger partial charge is 0.191 e. The molecule has 0 spiro atoms. The van der Waals surface area contributed by atoms with E-state index in [4.69, 9.17) is 5.26 Å². The summed E-state index contributed by atoms with van der Waals surface area (Å²) in [5.41, 5.74) is 1.57. The summed E-state index contributed by atoms with van der Waals surface area (Å²) in [5, 5.41) is 15.5. The molecule has 3 rings (SSSR count). The van der Waals surface area contributed by atoms with Crippen LogP contribution >= 0.6 is 0 Å². The van der Waals surface area contributed by atoms with Crippen molar-refractivity contribution in [3.05, 3.63) is 65.2 Å². The monoisotopic (exact) mass is 383 g/mol. The first kappa shape index (κ1) is 19.6. The van der Waals surface area contributed by atoms with Gasteiger partial charge in [-0.05, 0) is 43.2 Å². The lowest BCUT2D eigenvalue weighted by Crippen LogP contribution is -2.44. The number of aliphatic imine (C=N–C) groups is 1. The number of nitriles is 1. The molecule has 1 aliphatic heterocycles. The van der Waals surface area contributed by atoms with E-state index < -0.39 is 11.6 Å². The van der Waals surface area contributed by atoms with E-state index in [1.807, 2.05) is 25.1 Å².